The van der Waals surface area contributed by atoms with Crippen LogP contribution in [0.25, 0.3) is 11.3 Å². The van der Waals surface area contributed by atoms with Gasteiger partial charge in [0.1, 0.15) is 5.60 Å². The predicted molar refractivity (Wildman–Crippen MR) is 92.2 cm³/mol. The molecule has 0 saturated carbocycles. The Morgan fingerprint density at radius 3 is 2.96 bits per heavy atom. The molecule has 0 fully saturated rings. The average molecular weight is 320 g/mol. The van der Waals surface area contributed by atoms with Gasteiger partial charge in [-0.25, -0.2) is 0 Å². The number of H-pyrrole nitrogens is 1. The highest BCUT2D eigenvalue weighted by molar-refractivity contribution is 5.61. The summed E-state index contributed by atoms with van der Waals surface area (Å²) in [4.78, 5) is 4.15. The van der Waals surface area contributed by atoms with E-state index >= 15 is 0 Å². The van der Waals surface area contributed by atoms with Crippen LogP contribution >= 0.6 is 0 Å². The lowest BCUT2D eigenvalue weighted by Gasteiger charge is -2.24. The van der Waals surface area contributed by atoms with Gasteiger partial charge < -0.3 is 10.4 Å². The first kappa shape index (κ1) is 15.1. The summed E-state index contributed by atoms with van der Waals surface area (Å²) in [6.07, 6.45) is 7.09. The molecule has 0 spiro atoms. The number of aryl methyl sites for hydroxylation is 1. The molecule has 1 atom stereocenters. The minimum absolute atomic E-state index is 0.529. The molecule has 122 valence electrons. The Hall–Kier alpha value is -2.50. The molecule has 3 aromatic rings. The van der Waals surface area contributed by atoms with E-state index in [-0.39, 0.29) is 0 Å². The third kappa shape index (κ3) is 2.72. The quantitative estimate of drug-likeness (QED) is 0.675. The fourth-order valence-corrected chi connectivity index (χ4v) is 3.46. The van der Waals surface area contributed by atoms with Crippen molar-refractivity contribution in [1.29, 1.82) is 0 Å². The van der Waals surface area contributed by atoms with Crippen LogP contribution in [0.2, 0.25) is 0 Å². The summed E-state index contributed by atoms with van der Waals surface area (Å²) in [5.74, 6) is 0. The molecule has 0 saturated heterocycles. The Balaban J connectivity index is 1.45. The van der Waals surface area contributed by atoms with Crippen molar-refractivity contribution in [2.75, 3.05) is 6.54 Å². The van der Waals surface area contributed by atoms with E-state index in [1.165, 1.54) is 5.56 Å². The normalized spacial score (nSPS) is 19.4. The van der Waals surface area contributed by atoms with E-state index in [1.54, 1.807) is 6.20 Å². The van der Waals surface area contributed by atoms with Crippen molar-refractivity contribution in [3.05, 3.63) is 71.7 Å². The van der Waals surface area contributed by atoms with E-state index in [0.29, 0.717) is 13.1 Å². The summed E-state index contributed by atoms with van der Waals surface area (Å²) in [5.41, 5.74) is 4.57. The molecule has 2 aromatic heterocycles. The Morgan fingerprint density at radius 2 is 2.08 bits per heavy atom. The molecular formula is C19H20N4O. The topological polar surface area (TPSA) is 73.8 Å². The number of aromatic nitrogens is 3. The zero-order valence-corrected chi connectivity index (χ0v) is 13.4. The molecule has 1 aliphatic rings. The summed E-state index contributed by atoms with van der Waals surface area (Å²) >= 11 is 0. The molecule has 5 heteroatoms. The molecule has 1 aromatic carbocycles. The van der Waals surface area contributed by atoms with Gasteiger partial charge in [0.25, 0.3) is 0 Å². The first-order valence-corrected chi connectivity index (χ1v) is 8.20. The third-order valence-electron chi connectivity index (χ3n) is 4.73. The van der Waals surface area contributed by atoms with E-state index in [0.717, 1.165) is 35.2 Å². The largest absolute Gasteiger partial charge is 0.384 e. The van der Waals surface area contributed by atoms with E-state index in [1.807, 2.05) is 42.7 Å². The lowest BCUT2D eigenvalue weighted by molar-refractivity contribution is 0.0384. The van der Waals surface area contributed by atoms with E-state index in [4.69, 9.17) is 0 Å². The number of aliphatic hydroxyl groups is 1. The summed E-state index contributed by atoms with van der Waals surface area (Å²) in [6.45, 7) is 1.17. The minimum atomic E-state index is -0.783. The van der Waals surface area contributed by atoms with Crippen LogP contribution in [0, 0.1) is 0 Å². The molecule has 2 heterocycles. The maximum Gasteiger partial charge on any atom is 0.103 e. The highest BCUT2D eigenvalue weighted by Crippen LogP contribution is 2.36. The average Bonchev–Trinajstić information content (AvgIpc) is 3.22. The van der Waals surface area contributed by atoms with E-state index < -0.39 is 5.60 Å². The monoisotopic (exact) mass is 320 g/mol. The van der Waals surface area contributed by atoms with Crippen LogP contribution in [0.3, 0.4) is 0 Å². The molecule has 3 N–H and O–H groups in total. The fraction of sp³-hybridized carbons (Fsp3) is 0.263. The summed E-state index contributed by atoms with van der Waals surface area (Å²) in [5, 5.41) is 21.5. The van der Waals surface area contributed by atoms with Crippen molar-refractivity contribution in [2.45, 2.75) is 25.0 Å². The smallest absolute Gasteiger partial charge is 0.103 e. The van der Waals surface area contributed by atoms with Crippen LogP contribution in [0.15, 0.2) is 55.0 Å². The van der Waals surface area contributed by atoms with Gasteiger partial charge in [-0.05, 0) is 36.1 Å². The number of nitrogens with zero attached hydrogens (tertiary/aromatic N) is 2. The number of hydrogen-bond donors (Lipinski definition) is 3. The Labute approximate surface area is 140 Å². The standard InChI is InChI=1S/C19H20N4O/c24-19(8-7-14-4-1-2-6-17(14)19)13-21-11-16-12-22-23-18(16)15-5-3-9-20-10-15/h1-6,9-10,12,21,24H,7-8,11,13H2,(H,22,23). The molecule has 0 aliphatic heterocycles. The van der Waals surface area contributed by atoms with Crippen molar-refractivity contribution in [3.63, 3.8) is 0 Å². The van der Waals surface area contributed by atoms with Crippen molar-refractivity contribution < 1.29 is 5.11 Å². The van der Waals surface area contributed by atoms with E-state index in [2.05, 4.69) is 26.6 Å². The van der Waals surface area contributed by atoms with Gasteiger partial charge in [0.15, 0.2) is 0 Å². The van der Waals surface area contributed by atoms with Gasteiger partial charge in [-0.3, -0.25) is 10.1 Å². The summed E-state index contributed by atoms with van der Waals surface area (Å²) in [7, 11) is 0. The van der Waals surface area contributed by atoms with Crippen LogP contribution < -0.4 is 5.32 Å². The molecular weight excluding hydrogens is 300 g/mol. The lowest BCUT2D eigenvalue weighted by atomic mass is 9.96. The van der Waals surface area contributed by atoms with Crippen LogP contribution in [-0.2, 0) is 18.6 Å². The Kier molecular flexibility index (Phi) is 3.88. The van der Waals surface area contributed by atoms with Crippen molar-refractivity contribution in [1.82, 2.24) is 20.5 Å². The number of rotatable bonds is 5. The number of nitrogens with one attached hydrogen (secondary N) is 2. The number of benzene rings is 1. The first-order chi connectivity index (χ1) is 11.8. The molecule has 4 rings (SSSR count). The highest BCUT2D eigenvalue weighted by atomic mass is 16.3. The van der Waals surface area contributed by atoms with Gasteiger partial charge in [0, 0.05) is 36.6 Å². The number of pyridine rings is 1. The van der Waals surface area contributed by atoms with Crippen LogP contribution in [-0.4, -0.2) is 26.8 Å². The zero-order chi connectivity index (χ0) is 16.4. The highest BCUT2D eigenvalue weighted by Gasteiger charge is 2.35. The second kappa shape index (κ2) is 6.19. The van der Waals surface area contributed by atoms with Gasteiger partial charge in [-0.15, -0.1) is 0 Å². The second-order valence-electron chi connectivity index (χ2n) is 6.30. The molecule has 24 heavy (non-hydrogen) atoms. The van der Waals surface area contributed by atoms with Crippen LogP contribution in [0.1, 0.15) is 23.1 Å². The third-order valence-corrected chi connectivity index (χ3v) is 4.73. The number of hydrogen-bond acceptors (Lipinski definition) is 4. The minimum Gasteiger partial charge on any atom is -0.384 e. The van der Waals surface area contributed by atoms with Crippen molar-refractivity contribution in [2.24, 2.45) is 0 Å². The predicted octanol–water partition coefficient (Wildman–Crippen LogP) is 2.40. The maximum atomic E-state index is 11.0. The second-order valence-corrected chi connectivity index (χ2v) is 6.30. The van der Waals surface area contributed by atoms with Gasteiger partial charge in [0.2, 0.25) is 0 Å². The van der Waals surface area contributed by atoms with Crippen LogP contribution in [0.5, 0.6) is 0 Å². The Morgan fingerprint density at radius 1 is 1.17 bits per heavy atom. The van der Waals surface area contributed by atoms with Gasteiger partial charge in [-0.1, -0.05) is 24.3 Å². The maximum absolute atomic E-state index is 11.0. The molecule has 0 amide bonds. The molecule has 5 nitrogen and oxygen atoms in total. The van der Waals surface area contributed by atoms with Gasteiger partial charge >= 0.3 is 0 Å². The number of fused-ring (bicyclic) bond motifs is 1. The number of aromatic amines is 1. The molecule has 0 radical (unpaired) electrons. The summed E-state index contributed by atoms with van der Waals surface area (Å²) < 4.78 is 0. The van der Waals surface area contributed by atoms with Crippen molar-refractivity contribution in [3.8, 4) is 11.3 Å². The zero-order valence-electron chi connectivity index (χ0n) is 13.4. The van der Waals surface area contributed by atoms with E-state index in [9.17, 15) is 5.11 Å². The summed E-state index contributed by atoms with van der Waals surface area (Å²) in [6, 6.07) is 12.1. The molecule has 0 bridgehead atoms. The first-order valence-electron chi connectivity index (χ1n) is 8.20. The molecule has 1 aliphatic carbocycles. The lowest BCUT2D eigenvalue weighted by Crippen LogP contribution is -2.36. The molecule has 1 unspecified atom stereocenters. The van der Waals surface area contributed by atoms with Crippen molar-refractivity contribution >= 4 is 0 Å². The SMILES string of the molecule is OC1(CNCc2cn[nH]c2-c2cccnc2)CCc2ccccc21. The van der Waals surface area contributed by atoms with Gasteiger partial charge in [-0.2, -0.15) is 5.10 Å². The Bertz CT molecular complexity index is 830. The fourth-order valence-electron chi connectivity index (χ4n) is 3.46. The van der Waals surface area contributed by atoms with Gasteiger partial charge in [0.05, 0.1) is 11.9 Å². The van der Waals surface area contributed by atoms with Crippen LogP contribution in [0.4, 0.5) is 0 Å².